The normalized spacial score (nSPS) is 12.6. The van der Waals surface area contributed by atoms with Gasteiger partial charge in [0.05, 0.1) is 18.3 Å². The molecule has 5 nitrogen and oxygen atoms in total. The van der Waals surface area contributed by atoms with E-state index in [2.05, 4.69) is 5.16 Å². The number of aliphatic hydroxyl groups is 1. The fourth-order valence-corrected chi connectivity index (χ4v) is 1.29. The molecule has 1 aromatic rings. The summed E-state index contributed by atoms with van der Waals surface area (Å²) in [4.78, 5) is 13.4. The number of rotatable bonds is 3. The maximum absolute atomic E-state index is 12.0. The van der Waals surface area contributed by atoms with Gasteiger partial charge in [-0.15, -0.1) is 0 Å². The van der Waals surface area contributed by atoms with Crippen LogP contribution in [0.5, 0.6) is 0 Å². The molecule has 1 amide bonds. The molecule has 0 bridgehead atoms. The molecule has 0 saturated carbocycles. The SMILES string of the molecule is Cc1noc(C)c1C(=O)N(C)C(C)CO. The first-order valence-electron chi connectivity index (χ1n) is 4.80. The summed E-state index contributed by atoms with van der Waals surface area (Å²) < 4.78 is 4.92. The summed E-state index contributed by atoms with van der Waals surface area (Å²) in [7, 11) is 1.65. The average Bonchev–Trinajstić information content (AvgIpc) is 2.55. The predicted octanol–water partition coefficient (Wildman–Crippen LogP) is 0.744. The largest absolute Gasteiger partial charge is 0.394 e. The Morgan fingerprint density at radius 2 is 2.20 bits per heavy atom. The van der Waals surface area contributed by atoms with E-state index in [1.165, 1.54) is 4.90 Å². The highest BCUT2D eigenvalue weighted by Crippen LogP contribution is 2.15. The lowest BCUT2D eigenvalue weighted by Crippen LogP contribution is -2.37. The molecule has 1 N–H and O–H groups in total. The van der Waals surface area contributed by atoms with E-state index in [1.54, 1.807) is 27.8 Å². The molecule has 0 fully saturated rings. The third kappa shape index (κ3) is 2.18. The lowest BCUT2D eigenvalue weighted by Gasteiger charge is -2.22. The van der Waals surface area contributed by atoms with Crippen LogP contribution < -0.4 is 0 Å². The lowest BCUT2D eigenvalue weighted by molar-refractivity contribution is 0.0680. The Morgan fingerprint density at radius 3 is 2.60 bits per heavy atom. The molecule has 0 radical (unpaired) electrons. The third-order valence-electron chi connectivity index (χ3n) is 2.49. The van der Waals surface area contributed by atoms with Crippen molar-refractivity contribution in [1.29, 1.82) is 0 Å². The van der Waals surface area contributed by atoms with Gasteiger partial charge in [-0.25, -0.2) is 0 Å². The molecule has 15 heavy (non-hydrogen) atoms. The van der Waals surface area contributed by atoms with Crippen molar-refractivity contribution in [2.75, 3.05) is 13.7 Å². The number of carbonyl (C=O) groups is 1. The summed E-state index contributed by atoms with van der Waals surface area (Å²) in [6, 6.07) is -0.216. The fraction of sp³-hybridized carbons (Fsp3) is 0.600. The number of aryl methyl sites for hydroxylation is 2. The molecule has 1 rings (SSSR count). The van der Waals surface area contributed by atoms with Crippen molar-refractivity contribution in [3.8, 4) is 0 Å². The zero-order valence-electron chi connectivity index (χ0n) is 9.44. The maximum Gasteiger partial charge on any atom is 0.259 e. The van der Waals surface area contributed by atoms with Crippen molar-refractivity contribution < 1.29 is 14.4 Å². The number of likely N-dealkylation sites (N-methyl/N-ethyl adjacent to an activating group) is 1. The Kier molecular flexibility index (Phi) is 3.47. The van der Waals surface area contributed by atoms with Crippen LogP contribution in [0.3, 0.4) is 0 Å². The van der Waals surface area contributed by atoms with E-state index in [0.717, 1.165) is 0 Å². The van der Waals surface area contributed by atoms with Crippen LogP contribution in [0.2, 0.25) is 0 Å². The van der Waals surface area contributed by atoms with Crippen molar-refractivity contribution in [3.05, 3.63) is 17.0 Å². The van der Waals surface area contributed by atoms with Gasteiger partial charge in [0.15, 0.2) is 0 Å². The monoisotopic (exact) mass is 212 g/mol. The highest BCUT2D eigenvalue weighted by atomic mass is 16.5. The Balaban J connectivity index is 2.94. The van der Waals surface area contributed by atoms with Crippen LogP contribution in [0.25, 0.3) is 0 Å². The van der Waals surface area contributed by atoms with Crippen LogP contribution in [-0.4, -0.2) is 40.8 Å². The molecule has 0 saturated heterocycles. The van der Waals surface area contributed by atoms with Crippen molar-refractivity contribution in [1.82, 2.24) is 10.1 Å². The van der Waals surface area contributed by atoms with E-state index in [-0.39, 0.29) is 18.6 Å². The molecule has 84 valence electrons. The number of nitrogens with zero attached hydrogens (tertiary/aromatic N) is 2. The van der Waals surface area contributed by atoms with Gasteiger partial charge in [0.1, 0.15) is 11.3 Å². The number of amides is 1. The molecule has 1 atom stereocenters. The molecule has 0 aliphatic heterocycles. The number of hydrogen-bond donors (Lipinski definition) is 1. The first-order chi connectivity index (χ1) is 6.99. The summed E-state index contributed by atoms with van der Waals surface area (Å²) in [5, 5.41) is 12.7. The van der Waals surface area contributed by atoms with E-state index in [0.29, 0.717) is 17.0 Å². The Labute approximate surface area is 88.7 Å². The van der Waals surface area contributed by atoms with Gasteiger partial charge in [-0.1, -0.05) is 5.16 Å². The van der Waals surface area contributed by atoms with Gasteiger partial charge in [0, 0.05) is 7.05 Å². The van der Waals surface area contributed by atoms with Gasteiger partial charge in [-0.2, -0.15) is 0 Å². The van der Waals surface area contributed by atoms with Gasteiger partial charge in [-0.05, 0) is 20.8 Å². The van der Waals surface area contributed by atoms with Crippen LogP contribution in [0.1, 0.15) is 28.7 Å². The summed E-state index contributed by atoms with van der Waals surface area (Å²) >= 11 is 0. The lowest BCUT2D eigenvalue weighted by atomic mass is 10.1. The van der Waals surface area contributed by atoms with E-state index in [4.69, 9.17) is 9.63 Å². The summed E-state index contributed by atoms with van der Waals surface area (Å²) in [5.41, 5.74) is 1.06. The zero-order chi connectivity index (χ0) is 11.6. The summed E-state index contributed by atoms with van der Waals surface area (Å²) in [6.07, 6.45) is 0. The second-order valence-corrected chi connectivity index (χ2v) is 3.65. The number of aromatic nitrogens is 1. The van der Waals surface area contributed by atoms with Gasteiger partial charge in [-0.3, -0.25) is 4.79 Å². The molecule has 0 spiro atoms. The standard InChI is InChI=1S/C10H16N2O3/c1-6(5-13)12(4)10(14)9-7(2)11-15-8(9)3/h6,13H,5H2,1-4H3. The van der Waals surface area contributed by atoms with Gasteiger partial charge in [0.25, 0.3) is 5.91 Å². The highest BCUT2D eigenvalue weighted by Gasteiger charge is 2.23. The molecule has 1 unspecified atom stereocenters. The first-order valence-corrected chi connectivity index (χ1v) is 4.80. The molecule has 5 heteroatoms. The minimum atomic E-state index is -0.216. The molecule has 0 aromatic carbocycles. The summed E-state index contributed by atoms with van der Waals surface area (Å²) in [6.45, 7) is 5.13. The van der Waals surface area contributed by atoms with E-state index in [9.17, 15) is 4.79 Å². The van der Waals surface area contributed by atoms with Crippen molar-refractivity contribution in [2.24, 2.45) is 0 Å². The average molecular weight is 212 g/mol. The molecule has 0 aliphatic carbocycles. The zero-order valence-corrected chi connectivity index (χ0v) is 9.44. The van der Waals surface area contributed by atoms with E-state index < -0.39 is 0 Å². The van der Waals surface area contributed by atoms with Crippen LogP contribution >= 0.6 is 0 Å². The van der Waals surface area contributed by atoms with E-state index >= 15 is 0 Å². The van der Waals surface area contributed by atoms with Gasteiger partial charge >= 0.3 is 0 Å². The number of aliphatic hydroxyl groups excluding tert-OH is 1. The van der Waals surface area contributed by atoms with Crippen molar-refractivity contribution in [2.45, 2.75) is 26.8 Å². The minimum Gasteiger partial charge on any atom is -0.394 e. The highest BCUT2D eigenvalue weighted by molar-refractivity contribution is 5.96. The van der Waals surface area contributed by atoms with Gasteiger partial charge < -0.3 is 14.5 Å². The van der Waals surface area contributed by atoms with E-state index in [1.807, 2.05) is 0 Å². The second-order valence-electron chi connectivity index (χ2n) is 3.65. The smallest absolute Gasteiger partial charge is 0.259 e. The quantitative estimate of drug-likeness (QED) is 0.802. The third-order valence-corrected chi connectivity index (χ3v) is 2.49. The van der Waals surface area contributed by atoms with Crippen LogP contribution in [-0.2, 0) is 0 Å². The van der Waals surface area contributed by atoms with Crippen molar-refractivity contribution >= 4 is 5.91 Å². The van der Waals surface area contributed by atoms with Crippen LogP contribution in [0, 0.1) is 13.8 Å². The Hall–Kier alpha value is -1.36. The Bertz CT molecular complexity index is 340. The summed E-state index contributed by atoms with van der Waals surface area (Å²) in [5.74, 6) is 0.335. The van der Waals surface area contributed by atoms with Crippen LogP contribution in [0.15, 0.2) is 4.52 Å². The van der Waals surface area contributed by atoms with Crippen LogP contribution in [0.4, 0.5) is 0 Å². The van der Waals surface area contributed by atoms with Crippen molar-refractivity contribution in [3.63, 3.8) is 0 Å². The Morgan fingerprint density at radius 1 is 1.60 bits per heavy atom. The molecular weight excluding hydrogens is 196 g/mol. The molecule has 1 heterocycles. The minimum absolute atomic E-state index is 0.0639. The number of carbonyl (C=O) groups excluding carboxylic acids is 1. The first kappa shape index (κ1) is 11.7. The van der Waals surface area contributed by atoms with Gasteiger partial charge in [0.2, 0.25) is 0 Å². The predicted molar refractivity (Wildman–Crippen MR) is 54.6 cm³/mol. The second kappa shape index (κ2) is 4.44. The maximum atomic E-state index is 12.0. The molecular formula is C10H16N2O3. The fourth-order valence-electron chi connectivity index (χ4n) is 1.29. The molecule has 1 aromatic heterocycles. The number of hydrogen-bond acceptors (Lipinski definition) is 4. The topological polar surface area (TPSA) is 66.6 Å². The molecule has 0 aliphatic rings.